The topological polar surface area (TPSA) is 202 Å². The normalized spacial score (nSPS) is 43.3. The van der Waals surface area contributed by atoms with Crippen LogP contribution in [0, 0.1) is 118 Å². The highest BCUT2D eigenvalue weighted by atomic mass is 32.2. The van der Waals surface area contributed by atoms with Crippen LogP contribution < -0.4 is 10.2 Å². The van der Waals surface area contributed by atoms with Gasteiger partial charge in [0.1, 0.15) is 5.60 Å². The number of allylic oxidation sites excluding steroid dienone is 1. The molecule has 8 saturated carbocycles. The van der Waals surface area contributed by atoms with Gasteiger partial charge in [0.2, 0.25) is 15.9 Å². The summed E-state index contributed by atoms with van der Waals surface area (Å²) < 4.78 is 44.5. The first-order valence-corrected chi connectivity index (χ1v) is 24.8. The van der Waals surface area contributed by atoms with Gasteiger partial charge < -0.3 is 34.0 Å². The Balaban J connectivity index is 0.000000187. The fourth-order valence-corrected chi connectivity index (χ4v) is 15.6. The molecule has 0 saturated heterocycles. The standard InChI is InChI=1S/C23H35NO7S.C23H35NO6/c1-10-11(2)14-8-13(10)17-15-9-16(18(14)17)20(22(26)30-23(4,5)6)19(15)21(25)29-12(3)31-24-32(7,27)28;1-6-28-13(5)29-23(26)21-17-8-16(20(21)22(25)24-9-10(2)30-27)18-14-7-15(19(17)18)12(4)11(14)3/h10-11,13-20,24H,3,8-9H2,1-2,4-7H3;9,11-21,27H,6-8H2,1-5H3,(H,24,25). The third-order valence-corrected chi connectivity index (χ3v) is 17.7. The zero-order valence-corrected chi connectivity index (χ0v) is 39.0. The summed E-state index contributed by atoms with van der Waals surface area (Å²) in [6.45, 7) is 23.9. The maximum Gasteiger partial charge on any atom is 0.317 e. The Kier molecular flexibility index (Phi) is 13.1. The average Bonchev–Trinajstić information content (AvgIpc) is 4.05. The largest absolute Gasteiger partial charge is 0.460 e. The van der Waals surface area contributed by atoms with E-state index in [-0.39, 0.29) is 47.3 Å². The van der Waals surface area contributed by atoms with Gasteiger partial charge in [-0.1, -0.05) is 27.7 Å². The second-order valence-corrected chi connectivity index (χ2v) is 22.9. The molecule has 62 heavy (non-hydrogen) atoms. The van der Waals surface area contributed by atoms with E-state index in [1.54, 1.807) is 18.7 Å². The van der Waals surface area contributed by atoms with E-state index >= 15 is 0 Å². The number of carbonyl (C=O) groups is 4. The van der Waals surface area contributed by atoms with Crippen molar-refractivity contribution in [3.8, 4) is 0 Å². The minimum absolute atomic E-state index is 0.0515. The van der Waals surface area contributed by atoms with Crippen LogP contribution in [0.4, 0.5) is 0 Å². The maximum absolute atomic E-state index is 13.3. The van der Waals surface area contributed by atoms with Crippen molar-refractivity contribution in [2.24, 2.45) is 118 Å². The van der Waals surface area contributed by atoms with Crippen LogP contribution in [0.15, 0.2) is 24.5 Å². The van der Waals surface area contributed by atoms with Gasteiger partial charge in [-0.3, -0.25) is 19.2 Å². The Bertz CT molecular complexity index is 1910. The van der Waals surface area contributed by atoms with Gasteiger partial charge in [-0.25, -0.2) is 13.7 Å². The molecule has 8 aliphatic rings. The van der Waals surface area contributed by atoms with Gasteiger partial charge in [0, 0.05) is 12.8 Å². The highest BCUT2D eigenvalue weighted by Crippen LogP contribution is 2.74. The third kappa shape index (κ3) is 8.32. The summed E-state index contributed by atoms with van der Waals surface area (Å²) in [5, 5.41) is 11.5. The van der Waals surface area contributed by atoms with Crippen LogP contribution in [0.5, 0.6) is 0 Å². The molecule has 0 spiro atoms. The van der Waals surface area contributed by atoms with Crippen molar-refractivity contribution in [3.63, 3.8) is 0 Å². The fraction of sp³-hybridized carbons (Fsp3) is 0.826. The van der Waals surface area contributed by atoms with Crippen molar-refractivity contribution in [3.05, 3.63) is 24.5 Å². The predicted octanol–water partition coefficient (Wildman–Crippen LogP) is 6.28. The van der Waals surface area contributed by atoms with E-state index in [0.717, 1.165) is 19.1 Å². The minimum Gasteiger partial charge on any atom is -0.460 e. The SMILES string of the molecule is C=C(ONS(C)(=O)=O)OC(=O)C1C2CC(C1C(=O)OC(C)(C)C)C1C3CC(C(C)C3C)C21.CCOC(C)OC(=O)C1C2CC(C1C(=O)NC=C(C)OO)C1C3CC(C(C)C3C)C21. The van der Waals surface area contributed by atoms with E-state index in [1.807, 2.05) is 27.7 Å². The summed E-state index contributed by atoms with van der Waals surface area (Å²) in [5.41, 5.74) is -0.657. The lowest BCUT2D eigenvalue weighted by Crippen LogP contribution is -2.49. The Hall–Kier alpha value is -3.21. The molecule has 15 nitrogen and oxygen atoms in total. The lowest BCUT2D eigenvalue weighted by Gasteiger charge is -2.45. The van der Waals surface area contributed by atoms with E-state index < -0.39 is 57.5 Å². The van der Waals surface area contributed by atoms with E-state index in [0.29, 0.717) is 77.6 Å². The maximum atomic E-state index is 13.3. The van der Waals surface area contributed by atoms with Crippen LogP contribution >= 0.6 is 0 Å². The lowest BCUT2D eigenvalue weighted by molar-refractivity contribution is -0.202. The van der Waals surface area contributed by atoms with Crippen LogP contribution in [0.2, 0.25) is 0 Å². The molecular formula is C46H70N2O13S. The molecule has 0 aromatic rings. The molecule has 0 aromatic heterocycles. The first-order valence-electron chi connectivity index (χ1n) is 22.9. The third-order valence-electron chi connectivity index (χ3n) is 17.3. The Morgan fingerprint density at radius 2 is 1.16 bits per heavy atom. The smallest absolute Gasteiger partial charge is 0.317 e. The number of hydrogen-bond acceptors (Lipinski definition) is 13. The summed E-state index contributed by atoms with van der Waals surface area (Å²) in [6, 6.07) is 0. The van der Waals surface area contributed by atoms with E-state index in [1.165, 1.54) is 19.0 Å². The Morgan fingerprint density at radius 1 is 0.742 bits per heavy atom. The highest BCUT2D eigenvalue weighted by Gasteiger charge is 2.73. The number of carbonyl (C=O) groups excluding carboxylic acids is 4. The molecule has 0 aliphatic heterocycles. The molecule has 21 unspecified atom stereocenters. The second kappa shape index (κ2) is 17.3. The quantitative estimate of drug-likeness (QED) is 0.0355. The number of nitrogens with one attached hydrogen (secondary N) is 2. The zero-order valence-electron chi connectivity index (χ0n) is 38.2. The summed E-state index contributed by atoms with van der Waals surface area (Å²) in [4.78, 5) is 63.6. The van der Waals surface area contributed by atoms with E-state index in [2.05, 4.69) is 44.5 Å². The number of ether oxygens (including phenoxy) is 4. The summed E-state index contributed by atoms with van der Waals surface area (Å²) in [6.07, 6.45) is 5.78. The number of rotatable bonds is 13. The molecule has 8 aliphatic carbocycles. The monoisotopic (exact) mass is 890 g/mol. The molecule has 1 amide bonds. The van der Waals surface area contributed by atoms with Crippen molar-refractivity contribution >= 4 is 33.8 Å². The minimum atomic E-state index is -3.65. The number of amides is 1. The Labute approximate surface area is 367 Å². The molecule has 8 fully saturated rings. The van der Waals surface area contributed by atoms with Crippen LogP contribution in [0.3, 0.4) is 0 Å². The number of fused-ring (bicyclic) bond motifs is 18. The average molecular weight is 891 g/mol. The van der Waals surface area contributed by atoms with Crippen LogP contribution in [0.1, 0.15) is 94.9 Å². The molecule has 348 valence electrons. The number of esters is 3. The molecule has 0 aromatic carbocycles. The molecule has 3 N–H and O–H groups in total. The van der Waals surface area contributed by atoms with Crippen molar-refractivity contribution in [2.45, 2.75) is 107 Å². The predicted molar refractivity (Wildman–Crippen MR) is 224 cm³/mol. The van der Waals surface area contributed by atoms with Crippen molar-refractivity contribution in [1.29, 1.82) is 0 Å². The van der Waals surface area contributed by atoms with Crippen molar-refractivity contribution in [1.82, 2.24) is 10.2 Å². The van der Waals surface area contributed by atoms with Crippen LogP contribution in [0.25, 0.3) is 0 Å². The zero-order chi connectivity index (χ0) is 45.5. The molecular weight excluding hydrogens is 821 g/mol. The first-order chi connectivity index (χ1) is 29.0. The summed E-state index contributed by atoms with van der Waals surface area (Å²) >= 11 is 0. The highest BCUT2D eigenvalue weighted by molar-refractivity contribution is 7.88. The van der Waals surface area contributed by atoms with Gasteiger partial charge in [0.05, 0.1) is 29.9 Å². The van der Waals surface area contributed by atoms with Crippen molar-refractivity contribution in [2.75, 3.05) is 12.9 Å². The molecule has 0 radical (unpaired) electrons. The molecule has 21 atom stereocenters. The van der Waals surface area contributed by atoms with Crippen molar-refractivity contribution < 1.29 is 61.5 Å². The van der Waals surface area contributed by atoms with Crippen LogP contribution in [-0.2, 0) is 57.9 Å². The second-order valence-electron chi connectivity index (χ2n) is 21.2. The summed E-state index contributed by atoms with van der Waals surface area (Å²) in [5.74, 6) is 3.71. The molecule has 16 heteroatoms. The molecule has 0 heterocycles. The van der Waals surface area contributed by atoms with Gasteiger partial charge >= 0.3 is 23.9 Å². The van der Waals surface area contributed by atoms with Gasteiger partial charge in [0.25, 0.3) is 0 Å². The molecule has 8 bridgehead atoms. The molecule has 8 rings (SSSR count). The number of sulfonamides is 1. The Morgan fingerprint density at radius 3 is 1.58 bits per heavy atom. The fourth-order valence-electron chi connectivity index (χ4n) is 15.3. The number of hydrogen-bond donors (Lipinski definition) is 3. The van der Waals surface area contributed by atoms with E-state index in [9.17, 15) is 27.6 Å². The van der Waals surface area contributed by atoms with Gasteiger partial charge in [-0.15, -0.1) is 0 Å². The van der Waals surface area contributed by atoms with Crippen LogP contribution in [-0.4, -0.2) is 62.2 Å². The lowest BCUT2D eigenvalue weighted by atomic mass is 9.59. The van der Waals surface area contributed by atoms with Gasteiger partial charge in [0.15, 0.2) is 12.0 Å². The van der Waals surface area contributed by atoms with Gasteiger partial charge in [-0.05, 0) is 173 Å². The van der Waals surface area contributed by atoms with E-state index in [4.69, 9.17) is 29.0 Å². The van der Waals surface area contributed by atoms with Gasteiger partial charge in [-0.2, -0.15) is 0 Å². The summed E-state index contributed by atoms with van der Waals surface area (Å²) in [7, 11) is -3.65. The first kappa shape index (κ1) is 46.8.